The smallest absolute Gasteiger partial charge is 0.475 e. The molecule has 138 valence electrons. The lowest BCUT2D eigenvalue weighted by atomic mass is 10.3. The van der Waals surface area contributed by atoms with E-state index in [0.29, 0.717) is 17.0 Å². The van der Waals surface area contributed by atoms with Crippen LogP contribution in [0.25, 0.3) is 11.2 Å². The maximum absolute atomic E-state index is 11.7. The summed E-state index contributed by atoms with van der Waals surface area (Å²) in [6.45, 7) is 3.44. The molecule has 3 rings (SSSR count). The molecular formula is C12H14ClF3N6O3. The van der Waals surface area contributed by atoms with Crippen molar-refractivity contribution >= 4 is 34.6 Å². The molecule has 0 unspecified atom stereocenters. The van der Waals surface area contributed by atoms with Crippen LogP contribution in [0, 0.1) is 0 Å². The minimum absolute atomic E-state index is 0.158. The number of H-pyrrole nitrogens is 1. The standard InChI is InChI=1S/C10H13ClN6O.C2HF3O2/c1-16-7-6(13-10(16)18)8(15-9(11)14-7)17-4-2-12-3-5-17;3-2(4,5)1(6)7/h12H,2-5H2,1H3,(H,13,18);(H,6,7). The predicted molar refractivity (Wildman–Crippen MR) is 82.9 cm³/mol. The van der Waals surface area contributed by atoms with E-state index in [1.165, 1.54) is 4.57 Å². The number of aryl methyl sites for hydroxylation is 1. The van der Waals surface area contributed by atoms with Gasteiger partial charge in [-0.05, 0) is 11.6 Å². The number of hydrogen-bond donors (Lipinski definition) is 3. The summed E-state index contributed by atoms with van der Waals surface area (Å²) < 4.78 is 33.2. The zero-order chi connectivity index (χ0) is 18.8. The highest BCUT2D eigenvalue weighted by atomic mass is 35.5. The van der Waals surface area contributed by atoms with Crippen LogP contribution in [0.15, 0.2) is 4.79 Å². The molecule has 1 fully saturated rings. The minimum Gasteiger partial charge on any atom is -0.475 e. The maximum Gasteiger partial charge on any atom is 0.490 e. The van der Waals surface area contributed by atoms with E-state index >= 15 is 0 Å². The number of carboxylic acids is 1. The van der Waals surface area contributed by atoms with Crippen LogP contribution in [0.3, 0.4) is 0 Å². The van der Waals surface area contributed by atoms with Crippen LogP contribution < -0.4 is 15.9 Å². The second-order valence-electron chi connectivity index (χ2n) is 5.04. The Bertz CT molecular complexity index is 828. The first-order valence-electron chi connectivity index (χ1n) is 6.99. The highest BCUT2D eigenvalue weighted by molar-refractivity contribution is 6.28. The number of hydrogen-bond acceptors (Lipinski definition) is 6. The van der Waals surface area contributed by atoms with Gasteiger partial charge in [0.1, 0.15) is 5.52 Å². The number of carboxylic acid groups (broad SMARTS) is 1. The summed E-state index contributed by atoms with van der Waals surface area (Å²) in [5.41, 5.74) is 0.972. The Morgan fingerprint density at radius 2 is 1.84 bits per heavy atom. The third-order valence-corrected chi connectivity index (χ3v) is 3.53. The number of fused-ring (bicyclic) bond motifs is 1. The first kappa shape index (κ1) is 19.0. The number of carbonyl (C=O) groups is 1. The molecule has 3 heterocycles. The number of anilines is 1. The summed E-state index contributed by atoms with van der Waals surface area (Å²) in [7, 11) is 1.66. The molecule has 1 aliphatic rings. The summed E-state index contributed by atoms with van der Waals surface area (Å²) in [6, 6.07) is 0. The molecule has 0 radical (unpaired) electrons. The topological polar surface area (TPSA) is 116 Å². The Morgan fingerprint density at radius 1 is 1.28 bits per heavy atom. The van der Waals surface area contributed by atoms with Crippen molar-refractivity contribution in [2.24, 2.45) is 7.05 Å². The Morgan fingerprint density at radius 3 is 2.36 bits per heavy atom. The van der Waals surface area contributed by atoms with Gasteiger partial charge in [-0.2, -0.15) is 23.1 Å². The lowest BCUT2D eigenvalue weighted by molar-refractivity contribution is -0.192. The summed E-state index contributed by atoms with van der Waals surface area (Å²) in [5, 5.41) is 10.6. The summed E-state index contributed by atoms with van der Waals surface area (Å²) >= 11 is 5.93. The van der Waals surface area contributed by atoms with Crippen molar-refractivity contribution in [3.05, 3.63) is 15.8 Å². The van der Waals surface area contributed by atoms with E-state index in [2.05, 4.69) is 25.2 Å². The Kier molecular flexibility index (Phi) is 5.52. The number of aromatic amines is 1. The number of aliphatic carboxylic acids is 1. The lowest BCUT2D eigenvalue weighted by Gasteiger charge is -2.28. The lowest BCUT2D eigenvalue weighted by Crippen LogP contribution is -2.44. The summed E-state index contributed by atoms with van der Waals surface area (Å²) in [4.78, 5) is 33.8. The number of imidazole rings is 1. The number of nitrogens with zero attached hydrogens (tertiary/aromatic N) is 4. The molecule has 3 N–H and O–H groups in total. The molecule has 25 heavy (non-hydrogen) atoms. The summed E-state index contributed by atoms with van der Waals surface area (Å²) in [6.07, 6.45) is -5.08. The highest BCUT2D eigenvalue weighted by Gasteiger charge is 2.38. The van der Waals surface area contributed by atoms with E-state index < -0.39 is 12.1 Å². The van der Waals surface area contributed by atoms with E-state index in [1.807, 2.05) is 0 Å². The molecule has 1 saturated heterocycles. The average molecular weight is 383 g/mol. The molecule has 9 nitrogen and oxygen atoms in total. The molecule has 13 heteroatoms. The van der Waals surface area contributed by atoms with Crippen LogP contribution in [-0.2, 0) is 11.8 Å². The molecule has 0 saturated carbocycles. The largest absolute Gasteiger partial charge is 0.490 e. The Hall–Kier alpha value is -2.34. The molecular weight excluding hydrogens is 369 g/mol. The molecule has 0 bridgehead atoms. The van der Waals surface area contributed by atoms with Crippen molar-refractivity contribution in [1.29, 1.82) is 0 Å². The van der Waals surface area contributed by atoms with Gasteiger partial charge in [0.2, 0.25) is 5.28 Å². The third kappa shape index (κ3) is 4.39. The average Bonchev–Trinajstić information content (AvgIpc) is 2.82. The molecule has 1 aliphatic heterocycles. The third-order valence-electron chi connectivity index (χ3n) is 3.36. The molecule has 0 amide bonds. The van der Waals surface area contributed by atoms with Gasteiger partial charge in [-0.25, -0.2) is 9.59 Å². The Labute approximate surface area is 143 Å². The minimum atomic E-state index is -5.08. The SMILES string of the molecule is Cn1c(=O)[nH]c2c(N3CCNCC3)nc(Cl)nc21.O=C(O)C(F)(F)F. The normalized spacial score (nSPS) is 15.0. The van der Waals surface area contributed by atoms with Crippen molar-refractivity contribution < 1.29 is 23.1 Å². The highest BCUT2D eigenvalue weighted by Crippen LogP contribution is 2.22. The van der Waals surface area contributed by atoms with E-state index in [1.54, 1.807) is 7.05 Å². The van der Waals surface area contributed by atoms with Crippen molar-refractivity contribution in [3.8, 4) is 0 Å². The number of rotatable bonds is 1. The molecule has 0 aromatic carbocycles. The molecule has 0 atom stereocenters. The fourth-order valence-corrected chi connectivity index (χ4v) is 2.32. The van der Waals surface area contributed by atoms with Crippen molar-refractivity contribution in [1.82, 2.24) is 24.8 Å². The van der Waals surface area contributed by atoms with Crippen molar-refractivity contribution in [2.75, 3.05) is 31.1 Å². The van der Waals surface area contributed by atoms with Gasteiger partial charge in [-0.1, -0.05) is 0 Å². The van der Waals surface area contributed by atoms with Crippen LogP contribution in [0.4, 0.5) is 19.0 Å². The zero-order valence-corrected chi connectivity index (χ0v) is 13.6. The zero-order valence-electron chi connectivity index (χ0n) is 12.9. The van der Waals surface area contributed by atoms with Gasteiger partial charge in [0.15, 0.2) is 11.5 Å². The quantitative estimate of drug-likeness (QED) is 0.609. The van der Waals surface area contributed by atoms with Crippen LogP contribution in [-0.4, -0.2) is 63.0 Å². The molecule has 2 aromatic heterocycles. The van der Waals surface area contributed by atoms with E-state index in [0.717, 1.165) is 26.2 Å². The first-order valence-corrected chi connectivity index (χ1v) is 7.37. The van der Waals surface area contributed by atoms with Gasteiger partial charge < -0.3 is 20.3 Å². The van der Waals surface area contributed by atoms with Crippen molar-refractivity contribution in [2.45, 2.75) is 6.18 Å². The number of aromatic nitrogens is 4. The van der Waals surface area contributed by atoms with Gasteiger partial charge >= 0.3 is 17.8 Å². The Balaban J connectivity index is 0.000000277. The molecule has 0 aliphatic carbocycles. The van der Waals surface area contributed by atoms with Gasteiger partial charge in [-0.3, -0.25) is 4.57 Å². The number of halogens is 4. The fraction of sp³-hybridized carbons (Fsp3) is 0.500. The monoisotopic (exact) mass is 382 g/mol. The van der Waals surface area contributed by atoms with Gasteiger partial charge in [0.25, 0.3) is 0 Å². The number of alkyl halides is 3. The van der Waals surface area contributed by atoms with Crippen molar-refractivity contribution in [3.63, 3.8) is 0 Å². The van der Waals surface area contributed by atoms with Crippen LogP contribution in [0.5, 0.6) is 0 Å². The second-order valence-corrected chi connectivity index (χ2v) is 5.38. The molecule has 2 aromatic rings. The second kappa shape index (κ2) is 7.27. The van der Waals surface area contributed by atoms with E-state index in [4.69, 9.17) is 21.5 Å². The van der Waals surface area contributed by atoms with Crippen LogP contribution in [0.1, 0.15) is 0 Å². The number of piperazine rings is 1. The van der Waals surface area contributed by atoms with Crippen LogP contribution >= 0.6 is 11.6 Å². The van der Waals surface area contributed by atoms with E-state index in [-0.39, 0.29) is 11.0 Å². The fourth-order valence-electron chi connectivity index (χ4n) is 2.16. The maximum atomic E-state index is 11.7. The first-order chi connectivity index (χ1) is 11.6. The number of nitrogens with one attached hydrogen (secondary N) is 2. The van der Waals surface area contributed by atoms with Gasteiger partial charge in [0, 0.05) is 33.2 Å². The van der Waals surface area contributed by atoms with Gasteiger partial charge in [0.05, 0.1) is 0 Å². The van der Waals surface area contributed by atoms with Gasteiger partial charge in [-0.15, -0.1) is 0 Å². The summed E-state index contributed by atoms with van der Waals surface area (Å²) in [5.74, 6) is -2.06. The van der Waals surface area contributed by atoms with E-state index in [9.17, 15) is 18.0 Å². The molecule has 0 spiro atoms. The predicted octanol–water partition coefficient (Wildman–Crippen LogP) is 0.353. The van der Waals surface area contributed by atoms with Crippen LogP contribution in [0.2, 0.25) is 5.28 Å².